The number of ether oxygens (including phenoxy) is 5. The Morgan fingerprint density at radius 2 is 1.88 bits per heavy atom. The normalized spacial score (nSPS) is 22.8. The van der Waals surface area contributed by atoms with Gasteiger partial charge in [-0.2, -0.15) is 5.26 Å². The molecule has 266 valence electrons. The number of likely N-dealkylation sites (N-methyl/N-ethyl adjacent to an activating group) is 1. The van der Waals surface area contributed by atoms with E-state index in [9.17, 15) is 20.0 Å². The number of aromatic hydroxyl groups is 1. The highest BCUT2D eigenvalue weighted by atomic mass is 16.7. The summed E-state index contributed by atoms with van der Waals surface area (Å²) in [6.07, 6.45) is 2.26. The summed E-state index contributed by atoms with van der Waals surface area (Å²) < 4.78 is 28.9. The predicted molar refractivity (Wildman–Crippen MR) is 186 cm³/mol. The molecule has 7 rings (SSSR count). The molecule has 12 heteroatoms. The zero-order valence-electron chi connectivity index (χ0n) is 29.2. The van der Waals surface area contributed by atoms with Crippen LogP contribution in [0.4, 0.5) is 4.79 Å². The van der Waals surface area contributed by atoms with E-state index in [4.69, 9.17) is 23.7 Å². The summed E-state index contributed by atoms with van der Waals surface area (Å²) in [5, 5.41) is 25.8. The van der Waals surface area contributed by atoms with Crippen LogP contribution in [-0.4, -0.2) is 79.2 Å². The monoisotopic (exact) mass is 694 g/mol. The third-order valence-electron chi connectivity index (χ3n) is 10.7. The number of carbonyl (C=O) groups excluding carboxylic acids is 2. The van der Waals surface area contributed by atoms with Gasteiger partial charge in [0.15, 0.2) is 23.0 Å². The van der Waals surface area contributed by atoms with E-state index < -0.39 is 24.3 Å². The Labute approximate surface area is 297 Å². The largest absolute Gasteiger partial charge is 0.514 e. The van der Waals surface area contributed by atoms with E-state index in [1.807, 2.05) is 50.4 Å². The first-order valence-corrected chi connectivity index (χ1v) is 17.2. The number of nitrogens with zero attached hydrogens (tertiary/aromatic N) is 3. The minimum atomic E-state index is -0.899. The standard InChI is InChI=1S/C39H42N4O8/c1-6-14-48-39(46)51-36-22(3)37-38(50-20-49-37)32-25(36)17-27-33-31-24(15-21(2)35(47-5)34(31)45)16-26(42(33)4)28(18-40)43(27)29(32)19-41-30(44)13-12-23-10-8-7-9-11-23/h6-11,15,26-29,33,45H,1,12-14,16-17,19-20H2,2-5H3,(H,41,44)/t26-,27?,28+,29+,33+/m1/s1. The zero-order valence-corrected chi connectivity index (χ0v) is 29.2. The highest BCUT2D eigenvalue weighted by Gasteiger charge is 2.57. The maximum absolute atomic E-state index is 13.4. The first kappa shape index (κ1) is 34.2. The van der Waals surface area contributed by atoms with Crippen molar-refractivity contribution in [3.8, 4) is 34.8 Å². The van der Waals surface area contributed by atoms with Gasteiger partial charge in [0.2, 0.25) is 12.7 Å². The van der Waals surface area contributed by atoms with Crippen molar-refractivity contribution in [1.29, 1.82) is 5.26 Å². The third-order valence-corrected chi connectivity index (χ3v) is 10.7. The number of benzene rings is 3. The molecule has 0 radical (unpaired) electrons. The summed E-state index contributed by atoms with van der Waals surface area (Å²) in [4.78, 5) is 30.8. The van der Waals surface area contributed by atoms with Gasteiger partial charge >= 0.3 is 6.16 Å². The number of fused-ring (bicyclic) bond motifs is 9. The third kappa shape index (κ3) is 5.80. The van der Waals surface area contributed by atoms with Crippen LogP contribution in [0.2, 0.25) is 0 Å². The second-order valence-corrected chi connectivity index (χ2v) is 13.5. The van der Waals surface area contributed by atoms with Gasteiger partial charge < -0.3 is 34.1 Å². The Balaban J connectivity index is 1.37. The van der Waals surface area contributed by atoms with Crippen LogP contribution in [0.25, 0.3) is 0 Å². The van der Waals surface area contributed by atoms with Gasteiger partial charge in [-0.3, -0.25) is 14.6 Å². The van der Waals surface area contributed by atoms with E-state index in [0.29, 0.717) is 53.2 Å². The van der Waals surface area contributed by atoms with Crippen LogP contribution in [0.3, 0.4) is 0 Å². The number of phenolic OH excluding ortho intramolecular Hbond substituents is 1. The predicted octanol–water partition coefficient (Wildman–Crippen LogP) is 4.97. The fraction of sp³-hybridized carbons (Fsp3) is 0.410. The number of carbonyl (C=O) groups is 2. The number of piperazine rings is 1. The molecule has 1 fully saturated rings. The van der Waals surface area contributed by atoms with Crippen molar-refractivity contribution in [3.05, 3.63) is 88.0 Å². The molecule has 5 atom stereocenters. The molecule has 1 amide bonds. The SMILES string of the molecule is C=CCOC(=O)Oc1c(C)c2c(c3c1CC1[C@H]4c5c(cc(C)c(OC)c5O)C[C@H]([C@H](C#N)N1[C@H]3CNC(=O)CCc1ccccc1)N4C)OCO2. The van der Waals surface area contributed by atoms with Gasteiger partial charge in [-0.25, -0.2) is 4.79 Å². The molecular weight excluding hydrogens is 652 g/mol. The molecule has 0 saturated carbocycles. The van der Waals surface area contributed by atoms with E-state index in [2.05, 4.69) is 27.8 Å². The summed E-state index contributed by atoms with van der Waals surface area (Å²) in [7, 11) is 3.52. The lowest BCUT2D eigenvalue weighted by atomic mass is 9.71. The van der Waals surface area contributed by atoms with Crippen molar-refractivity contribution in [2.45, 2.75) is 69.7 Å². The molecule has 12 nitrogen and oxygen atoms in total. The van der Waals surface area contributed by atoms with E-state index in [0.717, 1.165) is 22.3 Å². The summed E-state index contributed by atoms with van der Waals surface area (Å²) in [6, 6.07) is 12.3. The zero-order chi connectivity index (χ0) is 36.0. The van der Waals surface area contributed by atoms with Gasteiger partial charge in [-0.15, -0.1) is 0 Å². The van der Waals surface area contributed by atoms with Crippen molar-refractivity contribution in [1.82, 2.24) is 15.1 Å². The van der Waals surface area contributed by atoms with Gasteiger partial charge in [0.25, 0.3) is 0 Å². The average molecular weight is 695 g/mol. The van der Waals surface area contributed by atoms with Crippen LogP contribution in [0.1, 0.15) is 57.4 Å². The number of hydrogen-bond donors (Lipinski definition) is 2. The summed E-state index contributed by atoms with van der Waals surface area (Å²) in [5.74, 6) is 1.55. The Hall–Kier alpha value is -5.25. The number of methoxy groups -OCH3 is 1. The van der Waals surface area contributed by atoms with Gasteiger partial charge in [0, 0.05) is 47.3 Å². The molecule has 51 heavy (non-hydrogen) atoms. The molecule has 0 aromatic heterocycles. The van der Waals surface area contributed by atoms with Crippen molar-refractivity contribution < 1.29 is 38.4 Å². The first-order valence-electron chi connectivity index (χ1n) is 17.2. The van der Waals surface area contributed by atoms with Crippen LogP contribution in [0, 0.1) is 25.2 Å². The number of phenols is 1. The molecule has 3 aromatic rings. The number of amides is 1. The summed E-state index contributed by atoms with van der Waals surface area (Å²) in [6.45, 7) is 7.39. The van der Waals surface area contributed by atoms with Gasteiger partial charge in [0.1, 0.15) is 18.4 Å². The fourth-order valence-electron chi connectivity index (χ4n) is 8.61. The van der Waals surface area contributed by atoms with Crippen LogP contribution in [0.5, 0.6) is 28.7 Å². The molecule has 4 heterocycles. The van der Waals surface area contributed by atoms with Gasteiger partial charge in [0.05, 0.1) is 25.3 Å². The summed E-state index contributed by atoms with van der Waals surface area (Å²) in [5.41, 5.74) is 5.51. The molecule has 0 spiro atoms. The maximum atomic E-state index is 13.4. The second-order valence-electron chi connectivity index (χ2n) is 13.5. The van der Waals surface area contributed by atoms with Crippen molar-refractivity contribution >= 4 is 12.1 Å². The molecule has 1 unspecified atom stereocenters. The average Bonchev–Trinajstić information content (AvgIpc) is 3.62. The molecule has 0 aliphatic carbocycles. The lowest BCUT2D eigenvalue weighted by Gasteiger charge is -2.60. The number of nitriles is 1. The fourth-order valence-corrected chi connectivity index (χ4v) is 8.61. The van der Waals surface area contributed by atoms with E-state index in [1.165, 1.54) is 13.2 Å². The van der Waals surface area contributed by atoms with Crippen LogP contribution >= 0.6 is 0 Å². The molecule has 2 N–H and O–H groups in total. The number of rotatable bonds is 9. The molecule has 4 aliphatic rings. The molecule has 2 bridgehead atoms. The van der Waals surface area contributed by atoms with Crippen LogP contribution in [0.15, 0.2) is 49.1 Å². The molecular formula is C39H42N4O8. The topological polar surface area (TPSA) is 143 Å². The maximum Gasteiger partial charge on any atom is 0.514 e. The number of nitrogens with one attached hydrogen (secondary N) is 1. The van der Waals surface area contributed by atoms with E-state index >= 15 is 0 Å². The van der Waals surface area contributed by atoms with Crippen LogP contribution < -0.4 is 24.3 Å². The lowest BCUT2D eigenvalue weighted by molar-refractivity contribution is -0.122. The van der Waals surface area contributed by atoms with E-state index in [1.54, 1.807) is 6.92 Å². The smallest absolute Gasteiger partial charge is 0.504 e. The minimum absolute atomic E-state index is 0.0336. The van der Waals surface area contributed by atoms with Crippen molar-refractivity contribution in [3.63, 3.8) is 0 Å². The Morgan fingerprint density at radius 3 is 2.61 bits per heavy atom. The second kappa shape index (κ2) is 13.8. The Morgan fingerprint density at radius 1 is 1.12 bits per heavy atom. The molecule has 3 aromatic carbocycles. The number of hydrogen-bond acceptors (Lipinski definition) is 11. The van der Waals surface area contributed by atoms with Crippen molar-refractivity contribution in [2.75, 3.05) is 34.1 Å². The highest BCUT2D eigenvalue weighted by Crippen LogP contribution is 2.58. The van der Waals surface area contributed by atoms with Crippen LogP contribution in [-0.2, 0) is 28.8 Å². The van der Waals surface area contributed by atoms with Gasteiger partial charge in [-0.05, 0) is 56.8 Å². The first-order chi connectivity index (χ1) is 24.7. The quantitative estimate of drug-likeness (QED) is 0.178. The highest BCUT2D eigenvalue weighted by molar-refractivity contribution is 5.77. The minimum Gasteiger partial charge on any atom is -0.504 e. The Kier molecular flexibility index (Phi) is 9.26. The molecule has 1 saturated heterocycles. The van der Waals surface area contributed by atoms with Crippen molar-refractivity contribution in [2.24, 2.45) is 0 Å². The Bertz CT molecular complexity index is 1920. The number of aryl methyl sites for hydroxylation is 2. The summed E-state index contributed by atoms with van der Waals surface area (Å²) >= 11 is 0. The molecule has 4 aliphatic heterocycles. The lowest BCUT2D eigenvalue weighted by Crippen LogP contribution is -2.68. The van der Waals surface area contributed by atoms with Gasteiger partial charge in [-0.1, -0.05) is 49.1 Å². The van der Waals surface area contributed by atoms with E-state index in [-0.39, 0.29) is 55.9 Å².